The van der Waals surface area contributed by atoms with Gasteiger partial charge in [-0.3, -0.25) is 14.6 Å². The van der Waals surface area contributed by atoms with Gasteiger partial charge >= 0.3 is 0 Å². The predicted octanol–water partition coefficient (Wildman–Crippen LogP) is 1.75. The lowest BCUT2D eigenvalue weighted by Gasteiger charge is -2.12. The topological polar surface area (TPSA) is 71.1 Å². The highest BCUT2D eigenvalue weighted by Crippen LogP contribution is 2.06. The van der Waals surface area contributed by atoms with Crippen LogP contribution in [0.3, 0.4) is 0 Å². The number of pyridine rings is 1. The quantitative estimate of drug-likeness (QED) is 0.711. The van der Waals surface area contributed by atoms with Crippen molar-refractivity contribution in [1.82, 2.24) is 15.6 Å². The summed E-state index contributed by atoms with van der Waals surface area (Å²) in [6.07, 6.45) is 5.60. The number of carbonyl (C=O) groups is 2. The third-order valence-electron chi connectivity index (χ3n) is 3.22. The average Bonchev–Trinajstić information content (AvgIpc) is 2.49. The van der Waals surface area contributed by atoms with Gasteiger partial charge in [-0.05, 0) is 31.4 Å². The van der Waals surface area contributed by atoms with E-state index in [1.54, 1.807) is 18.3 Å². The van der Waals surface area contributed by atoms with E-state index in [0.717, 1.165) is 19.3 Å². The zero-order chi connectivity index (χ0) is 14.8. The van der Waals surface area contributed by atoms with Gasteiger partial charge in [-0.25, -0.2) is 0 Å². The summed E-state index contributed by atoms with van der Waals surface area (Å²) in [6.45, 7) is 5.16. The lowest BCUT2D eigenvalue weighted by atomic mass is 10.0. The van der Waals surface area contributed by atoms with Crippen LogP contribution in [0, 0.1) is 5.92 Å². The molecule has 110 valence electrons. The highest BCUT2D eigenvalue weighted by Gasteiger charge is 2.12. The molecule has 5 nitrogen and oxygen atoms in total. The van der Waals surface area contributed by atoms with E-state index in [0.29, 0.717) is 18.7 Å². The minimum atomic E-state index is -0.135. The molecule has 5 heteroatoms. The zero-order valence-electron chi connectivity index (χ0n) is 12.2. The molecular formula is C15H23N3O2. The Morgan fingerprint density at radius 2 is 1.90 bits per heavy atom. The maximum Gasteiger partial charge on any atom is 0.252 e. The monoisotopic (exact) mass is 277 g/mol. The molecule has 0 fully saturated rings. The third-order valence-corrected chi connectivity index (χ3v) is 3.22. The van der Waals surface area contributed by atoms with Crippen LogP contribution in [0.15, 0.2) is 24.5 Å². The van der Waals surface area contributed by atoms with Crippen LogP contribution in [0.2, 0.25) is 0 Å². The van der Waals surface area contributed by atoms with Gasteiger partial charge in [0.15, 0.2) is 0 Å². The van der Waals surface area contributed by atoms with Gasteiger partial charge in [-0.1, -0.05) is 13.8 Å². The molecule has 1 heterocycles. The van der Waals surface area contributed by atoms with E-state index >= 15 is 0 Å². The molecule has 0 unspecified atom stereocenters. The summed E-state index contributed by atoms with van der Waals surface area (Å²) >= 11 is 0. The standard InChI is InChI=1S/C15H23N3O2/c1-3-12(4-2)14(19)17-9-6-10-18-15(20)13-7-5-8-16-11-13/h5,7-8,11-12H,3-4,6,9-10H2,1-2H3,(H,17,19)(H,18,20). The van der Waals surface area contributed by atoms with Gasteiger partial charge in [-0.15, -0.1) is 0 Å². The molecule has 1 rings (SSSR count). The fourth-order valence-corrected chi connectivity index (χ4v) is 1.90. The molecule has 0 saturated heterocycles. The van der Waals surface area contributed by atoms with Gasteiger partial charge in [0.1, 0.15) is 0 Å². The van der Waals surface area contributed by atoms with Gasteiger partial charge in [0.2, 0.25) is 5.91 Å². The first-order valence-corrected chi connectivity index (χ1v) is 7.15. The average molecular weight is 277 g/mol. The Morgan fingerprint density at radius 3 is 2.50 bits per heavy atom. The first-order chi connectivity index (χ1) is 9.69. The fraction of sp³-hybridized carbons (Fsp3) is 0.533. The molecule has 0 aliphatic rings. The molecule has 0 aliphatic carbocycles. The van der Waals surface area contributed by atoms with E-state index in [9.17, 15) is 9.59 Å². The van der Waals surface area contributed by atoms with E-state index in [1.165, 1.54) is 6.20 Å². The number of hydrogen-bond acceptors (Lipinski definition) is 3. The molecule has 0 saturated carbocycles. The van der Waals surface area contributed by atoms with Gasteiger partial charge < -0.3 is 10.6 Å². The molecular weight excluding hydrogens is 254 g/mol. The summed E-state index contributed by atoms with van der Waals surface area (Å²) in [4.78, 5) is 27.3. The molecule has 0 spiro atoms. The van der Waals surface area contributed by atoms with Crippen molar-refractivity contribution < 1.29 is 9.59 Å². The van der Waals surface area contributed by atoms with Crippen molar-refractivity contribution in [2.24, 2.45) is 5.92 Å². The number of nitrogens with one attached hydrogen (secondary N) is 2. The number of amides is 2. The minimum absolute atomic E-state index is 0.0972. The second-order valence-electron chi connectivity index (χ2n) is 4.66. The molecule has 0 radical (unpaired) electrons. The van der Waals surface area contributed by atoms with Crippen LogP contribution in [0.1, 0.15) is 43.5 Å². The number of carbonyl (C=O) groups excluding carboxylic acids is 2. The van der Waals surface area contributed by atoms with Crippen molar-refractivity contribution in [2.75, 3.05) is 13.1 Å². The number of aromatic nitrogens is 1. The van der Waals surface area contributed by atoms with Crippen molar-refractivity contribution in [2.45, 2.75) is 33.1 Å². The van der Waals surface area contributed by atoms with Crippen LogP contribution >= 0.6 is 0 Å². The Morgan fingerprint density at radius 1 is 1.20 bits per heavy atom. The molecule has 0 atom stereocenters. The number of nitrogens with zero attached hydrogens (tertiary/aromatic N) is 1. The van der Waals surface area contributed by atoms with Crippen LogP contribution in [0.25, 0.3) is 0 Å². The van der Waals surface area contributed by atoms with E-state index in [2.05, 4.69) is 15.6 Å². The van der Waals surface area contributed by atoms with Crippen LogP contribution in [-0.4, -0.2) is 29.9 Å². The first kappa shape index (κ1) is 16.1. The van der Waals surface area contributed by atoms with Crippen molar-refractivity contribution in [3.05, 3.63) is 30.1 Å². The molecule has 20 heavy (non-hydrogen) atoms. The van der Waals surface area contributed by atoms with Crippen molar-refractivity contribution in [1.29, 1.82) is 0 Å². The Balaban J connectivity index is 2.16. The number of rotatable bonds is 8. The van der Waals surface area contributed by atoms with Crippen molar-refractivity contribution >= 4 is 11.8 Å². The van der Waals surface area contributed by atoms with Crippen LogP contribution in [-0.2, 0) is 4.79 Å². The van der Waals surface area contributed by atoms with Gasteiger partial charge in [0.05, 0.1) is 5.56 Å². The first-order valence-electron chi connectivity index (χ1n) is 7.15. The van der Waals surface area contributed by atoms with E-state index in [4.69, 9.17) is 0 Å². The molecule has 1 aromatic heterocycles. The van der Waals surface area contributed by atoms with Crippen LogP contribution < -0.4 is 10.6 Å². The summed E-state index contributed by atoms with van der Waals surface area (Å²) < 4.78 is 0. The van der Waals surface area contributed by atoms with E-state index < -0.39 is 0 Å². The molecule has 2 amide bonds. The van der Waals surface area contributed by atoms with Crippen molar-refractivity contribution in [3.63, 3.8) is 0 Å². The van der Waals surface area contributed by atoms with E-state index in [-0.39, 0.29) is 17.7 Å². The van der Waals surface area contributed by atoms with Gasteiger partial charge in [0, 0.05) is 31.4 Å². The number of hydrogen-bond donors (Lipinski definition) is 2. The fourth-order valence-electron chi connectivity index (χ4n) is 1.90. The highest BCUT2D eigenvalue weighted by atomic mass is 16.2. The Bertz CT molecular complexity index is 416. The summed E-state index contributed by atoms with van der Waals surface area (Å²) in [5.74, 6) is 0.0676. The second-order valence-corrected chi connectivity index (χ2v) is 4.66. The summed E-state index contributed by atoms with van der Waals surface area (Å²) in [6, 6.07) is 3.45. The van der Waals surface area contributed by atoms with Gasteiger partial charge in [-0.2, -0.15) is 0 Å². The SMILES string of the molecule is CCC(CC)C(=O)NCCCNC(=O)c1cccnc1. The van der Waals surface area contributed by atoms with Gasteiger partial charge in [0.25, 0.3) is 5.91 Å². The lowest BCUT2D eigenvalue weighted by Crippen LogP contribution is -2.33. The van der Waals surface area contributed by atoms with Crippen LogP contribution in [0.4, 0.5) is 0 Å². The summed E-state index contributed by atoms with van der Waals surface area (Å²) in [5, 5.41) is 5.70. The molecule has 0 bridgehead atoms. The Hall–Kier alpha value is -1.91. The maximum absolute atomic E-state index is 11.7. The second kappa shape index (κ2) is 9.07. The maximum atomic E-state index is 11.7. The van der Waals surface area contributed by atoms with Crippen LogP contribution in [0.5, 0.6) is 0 Å². The zero-order valence-corrected chi connectivity index (χ0v) is 12.2. The normalized spacial score (nSPS) is 10.3. The Kier molecular flexibility index (Phi) is 7.32. The predicted molar refractivity (Wildman–Crippen MR) is 78.3 cm³/mol. The largest absolute Gasteiger partial charge is 0.356 e. The molecule has 2 N–H and O–H groups in total. The smallest absolute Gasteiger partial charge is 0.252 e. The van der Waals surface area contributed by atoms with Crippen molar-refractivity contribution in [3.8, 4) is 0 Å². The molecule has 1 aromatic rings. The minimum Gasteiger partial charge on any atom is -0.356 e. The molecule has 0 aliphatic heterocycles. The molecule has 0 aromatic carbocycles. The lowest BCUT2D eigenvalue weighted by molar-refractivity contribution is -0.125. The van der Waals surface area contributed by atoms with E-state index in [1.807, 2.05) is 13.8 Å². The Labute approximate surface area is 120 Å². The summed E-state index contributed by atoms with van der Waals surface area (Å²) in [5.41, 5.74) is 0.550. The summed E-state index contributed by atoms with van der Waals surface area (Å²) in [7, 11) is 0. The third kappa shape index (κ3) is 5.38. The highest BCUT2D eigenvalue weighted by molar-refractivity contribution is 5.93.